The molecular formula is C16H21N5O3. The van der Waals surface area contributed by atoms with Crippen molar-refractivity contribution in [2.24, 2.45) is 0 Å². The predicted octanol–water partition coefficient (Wildman–Crippen LogP) is 1.22. The third-order valence-electron chi connectivity index (χ3n) is 4.27. The van der Waals surface area contributed by atoms with E-state index in [1.807, 2.05) is 0 Å². The topological polar surface area (TPSA) is 95.6 Å². The number of carbonyl (C=O) groups excluding carboxylic acids is 1. The number of likely N-dealkylation sites (N-methyl/N-ethyl adjacent to an activating group) is 1. The summed E-state index contributed by atoms with van der Waals surface area (Å²) in [5.41, 5.74) is 0.0888. The minimum absolute atomic E-state index is 0.0562. The maximum atomic E-state index is 12.6. The molecule has 1 aliphatic heterocycles. The van der Waals surface area contributed by atoms with Crippen molar-refractivity contribution < 1.29 is 14.4 Å². The Labute approximate surface area is 140 Å². The fourth-order valence-electron chi connectivity index (χ4n) is 2.99. The maximum absolute atomic E-state index is 12.6. The van der Waals surface area contributed by atoms with Gasteiger partial charge in [0.2, 0.25) is 5.89 Å². The zero-order chi connectivity index (χ0) is 17.1. The molecule has 2 aromatic rings. The third kappa shape index (κ3) is 3.53. The SMILES string of the molecule is Cc1nc(CN2CCCC(N(C)C(=O)c3ncccc3O)C2)no1. The van der Waals surface area contributed by atoms with Crippen molar-refractivity contribution in [3.8, 4) is 5.75 Å². The zero-order valence-corrected chi connectivity index (χ0v) is 13.8. The number of amides is 1. The number of rotatable bonds is 4. The van der Waals surface area contributed by atoms with Crippen LogP contribution >= 0.6 is 0 Å². The minimum Gasteiger partial charge on any atom is -0.505 e. The van der Waals surface area contributed by atoms with Gasteiger partial charge >= 0.3 is 0 Å². The van der Waals surface area contributed by atoms with Gasteiger partial charge in [0.1, 0.15) is 5.75 Å². The lowest BCUT2D eigenvalue weighted by atomic mass is 10.0. The first kappa shape index (κ1) is 16.4. The van der Waals surface area contributed by atoms with Crippen molar-refractivity contribution in [2.45, 2.75) is 32.4 Å². The first-order valence-corrected chi connectivity index (χ1v) is 7.97. The number of pyridine rings is 1. The van der Waals surface area contributed by atoms with Gasteiger partial charge in [0.25, 0.3) is 5.91 Å². The van der Waals surface area contributed by atoms with Gasteiger partial charge in [0.05, 0.1) is 6.54 Å². The van der Waals surface area contributed by atoms with Crippen LogP contribution in [-0.2, 0) is 6.54 Å². The van der Waals surface area contributed by atoms with E-state index < -0.39 is 0 Å². The van der Waals surface area contributed by atoms with Gasteiger partial charge in [-0.3, -0.25) is 9.69 Å². The highest BCUT2D eigenvalue weighted by atomic mass is 16.5. The van der Waals surface area contributed by atoms with Crippen molar-refractivity contribution in [1.29, 1.82) is 0 Å². The van der Waals surface area contributed by atoms with E-state index in [1.54, 1.807) is 24.9 Å². The number of nitrogens with zero attached hydrogens (tertiary/aromatic N) is 5. The number of aryl methyl sites for hydroxylation is 1. The Morgan fingerprint density at radius 3 is 3.08 bits per heavy atom. The van der Waals surface area contributed by atoms with Crippen LogP contribution in [0.2, 0.25) is 0 Å². The molecule has 0 saturated carbocycles. The van der Waals surface area contributed by atoms with Crippen molar-refractivity contribution in [3.05, 3.63) is 35.7 Å². The van der Waals surface area contributed by atoms with Crippen LogP contribution in [0.4, 0.5) is 0 Å². The molecule has 1 N–H and O–H groups in total. The molecule has 128 valence electrons. The molecule has 8 nitrogen and oxygen atoms in total. The molecule has 0 aromatic carbocycles. The van der Waals surface area contributed by atoms with E-state index in [2.05, 4.69) is 20.0 Å². The number of hydrogen-bond donors (Lipinski definition) is 1. The van der Waals surface area contributed by atoms with Crippen molar-refractivity contribution in [1.82, 2.24) is 24.9 Å². The molecular weight excluding hydrogens is 310 g/mol. The summed E-state index contributed by atoms with van der Waals surface area (Å²) in [5, 5.41) is 13.8. The van der Waals surface area contributed by atoms with Crippen LogP contribution in [0.3, 0.4) is 0 Å². The van der Waals surface area contributed by atoms with Gasteiger partial charge < -0.3 is 14.5 Å². The highest BCUT2D eigenvalue weighted by Crippen LogP contribution is 2.20. The van der Waals surface area contributed by atoms with Crippen LogP contribution in [0.15, 0.2) is 22.9 Å². The summed E-state index contributed by atoms with van der Waals surface area (Å²) in [4.78, 5) is 24.7. The maximum Gasteiger partial charge on any atom is 0.276 e. The Balaban J connectivity index is 1.65. The average Bonchev–Trinajstić information content (AvgIpc) is 2.99. The lowest BCUT2D eigenvalue weighted by molar-refractivity contribution is 0.0596. The molecule has 0 aliphatic carbocycles. The predicted molar refractivity (Wildman–Crippen MR) is 85.3 cm³/mol. The number of carbonyl (C=O) groups is 1. The number of hydrogen-bond acceptors (Lipinski definition) is 7. The van der Waals surface area contributed by atoms with E-state index in [0.29, 0.717) is 18.3 Å². The zero-order valence-electron chi connectivity index (χ0n) is 13.8. The lowest BCUT2D eigenvalue weighted by Crippen LogP contribution is -2.48. The summed E-state index contributed by atoms with van der Waals surface area (Å²) in [5.74, 6) is 0.848. The Morgan fingerprint density at radius 2 is 2.38 bits per heavy atom. The van der Waals surface area contributed by atoms with E-state index in [0.717, 1.165) is 25.9 Å². The monoisotopic (exact) mass is 331 g/mol. The molecule has 1 unspecified atom stereocenters. The summed E-state index contributed by atoms with van der Waals surface area (Å²) in [6.07, 6.45) is 3.40. The molecule has 24 heavy (non-hydrogen) atoms. The molecule has 1 aliphatic rings. The molecule has 8 heteroatoms. The number of piperidine rings is 1. The summed E-state index contributed by atoms with van der Waals surface area (Å²) < 4.78 is 5.00. The second kappa shape index (κ2) is 6.96. The van der Waals surface area contributed by atoms with Gasteiger partial charge in [0, 0.05) is 32.8 Å². The van der Waals surface area contributed by atoms with Crippen LogP contribution in [0.5, 0.6) is 5.75 Å². The van der Waals surface area contributed by atoms with Crippen LogP contribution < -0.4 is 0 Å². The van der Waals surface area contributed by atoms with Crippen LogP contribution in [-0.4, -0.2) is 62.1 Å². The third-order valence-corrected chi connectivity index (χ3v) is 4.27. The molecule has 1 atom stereocenters. The molecule has 1 amide bonds. The van der Waals surface area contributed by atoms with Gasteiger partial charge in [0.15, 0.2) is 11.5 Å². The molecule has 0 bridgehead atoms. The van der Waals surface area contributed by atoms with E-state index >= 15 is 0 Å². The van der Waals surface area contributed by atoms with Gasteiger partial charge in [-0.05, 0) is 31.5 Å². The molecule has 2 aromatic heterocycles. The van der Waals surface area contributed by atoms with Crippen molar-refractivity contribution >= 4 is 5.91 Å². The van der Waals surface area contributed by atoms with Crippen LogP contribution in [0.25, 0.3) is 0 Å². The summed E-state index contributed by atoms with van der Waals surface area (Å²) in [7, 11) is 1.75. The quantitative estimate of drug-likeness (QED) is 0.899. The van der Waals surface area contributed by atoms with E-state index in [9.17, 15) is 9.90 Å². The summed E-state index contributed by atoms with van der Waals surface area (Å²) >= 11 is 0. The fraction of sp³-hybridized carbons (Fsp3) is 0.500. The molecule has 3 rings (SSSR count). The Morgan fingerprint density at radius 1 is 1.54 bits per heavy atom. The Bertz CT molecular complexity index is 717. The van der Waals surface area contributed by atoms with Gasteiger partial charge in [-0.15, -0.1) is 0 Å². The first-order chi connectivity index (χ1) is 11.5. The van der Waals surface area contributed by atoms with Crippen LogP contribution in [0.1, 0.15) is 35.0 Å². The number of likely N-dealkylation sites (tertiary alicyclic amines) is 1. The molecule has 0 spiro atoms. The fourth-order valence-corrected chi connectivity index (χ4v) is 2.99. The van der Waals surface area contributed by atoms with Crippen molar-refractivity contribution in [3.63, 3.8) is 0 Å². The largest absolute Gasteiger partial charge is 0.505 e. The average molecular weight is 331 g/mol. The molecule has 1 fully saturated rings. The second-order valence-electron chi connectivity index (χ2n) is 6.05. The number of aromatic hydroxyl groups is 1. The van der Waals surface area contributed by atoms with Gasteiger partial charge in [-0.2, -0.15) is 4.98 Å². The van der Waals surface area contributed by atoms with E-state index in [1.165, 1.54) is 12.3 Å². The van der Waals surface area contributed by atoms with Gasteiger partial charge in [-0.1, -0.05) is 5.16 Å². The lowest BCUT2D eigenvalue weighted by Gasteiger charge is -2.37. The van der Waals surface area contributed by atoms with Crippen molar-refractivity contribution in [2.75, 3.05) is 20.1 Å². The molecule has 1 saturated heterocycles. The normalized spacial score (nSPS) is 18.5. The standard InChI is InChI=1S/C16H21N5O3/c1-11-18-14(19-24-11)10-21-8-4-5-12(9-21)20(2)16(23)15-13(22)6-3-7-17-15/h3,6-7,12,22H,4-5,8-10H2,1-2H3. The Kier molecular flexibility index (Phi) is 4.75. The minimum atomic E-state index is -0.268. The summed E-state index contributed by atoms with van der Waals surface area (Å²) in [6, 6.07) is 3.13. The smallest absolute Gasteiger partial charge is 0.276 e. The highest BCUT2D eigenvalue weighted by molar-refractivity contribution is 5.94. The van der Waals surface area contributed by atoms with Crippen LogP contribution in [0, 0.1) is 6.92 Å². The highest BCUT2D eigenvalue weighted by Gasteiger charge is 2.28. The Hall–Kier alpha value is -2.48. The summed E-state index contributed by atoms with van der Waals surface area (Å²) in [6.45, 7) is 4.02. The second-order valence-corrected chi connectivity index (χ2v) is 6.05. The van der Waals surface area contributed by atoms with E-state index in [-0.39, 0.29) is 23.4 Å². The molecule has 0 radical (unpaired) electrons. The van der Waals surface area contributed by atoms with E-state index in [4.69, 9.17) is 4.52 Å². The molecule has 3 heterocycles. The first-order valence-electron chi connectivity index (χ1n) is 7.97. The van der Waals surface area contributed by atoms with Gasteiger partial charge in [-0.25, -0.2) is 4.98 Å². The number of aromatic nitrogens is 3.